The summed E-state index contributed by atoms with van der Waals surface area (Å²) in [5.41, 5.74) is 0. The molecule has 9 nitrogen and oxygen atoms in total. The minimum atomic E-state index is -1.57. The normalized spacial score (nSPS) is 18.9. The molecule has 0 aromatic carbocycles. The van der Waals surface area contributed by atoms with Crippen LogP contribution in [0.4, 0.5) is 0 Å². The molecule has 0 aromatic rings. The van der Waals surface area contributed by atoms with E-state index in [1.165, 1.54) is 283 Å². The van der Waals surface area contributed by atoms with Gasteiger partial charge in [-0.25, -0.2) is 0 Å². The Balaban J connectivity index is 2.11. The smallest absolute Gasteiger partial charge is 0.220 e. The van der Waals surface area contributed by atoms with E-state index >= 15 is 0 Å². The van der Waals surface area contributed by atoms with Gasteiger partial charge in [0.1, 0.15) is 24.4 Å². The summed E-state index contributed by atoms with van der Waals surface area (Å²) < 4.78 is 11.3. The molecule has 9 heteroatoms. The van der Waals surface area contributed by atoms with Crippen LogP contribution < -0.4 is 5.32 Å². The van der Waals surface area contributed by atoms with Gasteiger partial charge in [0.2, 0.25) is 5.91 Å². The molecule has 0 radical (unpaired) electrons. The van der Waals surface area contributed by atoms with Crippen molar-refractivity contribution in [2.24, 2.45) is 0 Å². The molecule has 0 aliphatic carbocycles. The zero-order valence-corrected chi connectivity index (χ0v) is 50.3. The van der Waals surface area contributed by atoms with Crippen LogP contribution in [0.15, 0.2) is 24.3 Å². The number of rotatable bonds is 59. The Labute approximate surface area is 470 Å². The van der Waals surface area contributed by atoms with Gasteiger partial charge in [-0.15, -0.1) is 0 Å². The van der Waals surface area contributed by atoms with Crippen molar-refractivity contribution in [2.45, 2.75) is 384 Å². The van der Waals surface area contributed by atoms with E-state index in [2.05, 4.69) is 31.3 Å². The molecule has 1 amide bonds. The highest BCUT2D eigenvalue weighted by Gasteiger charge is 2.44. The molecule has 1 heterocycles. The zero-order valence-electron chi connectivity index (χ0n) is 50.3. The monoisotopic (exact) mass is 1080 g/mol. The summed E-state index contributed by atoms with van der Waals surface area (Å²) in [6.45, 7) is 3.83. The fraction of sp³-hybridized carbons (Fsp3) is 0.925. The van der Waals surface area contributed by atoms with E-state index in [1.807, 2.05) is 6.08 Å². The number of unbranched alkanes of at least 4 members (excludes halogenated alkanes) is 47. The molecule has 7 atom stereocenters. The number of hydrogen-bond donors (Lipinski definition) is 6. The van der Waals surface area contributed by atoms with Gasteiger partial charge >= 0.3 is 0 Å². The van der Waals surface area contributed by atoms with E-state index in [0.717, 1.165) is 38.5 Å². The molecule has 0 spiro atoms. The lowest BCUT2D eigenvalue weighted by atomic mass is 9.99. The Morgan fingerprint density at radius 2 is 0.737 bits per heavy atom. The second kappa shape index (κ2) is 56.9. The van der Waals surface area contributed by atoms with Crippen molar-refractivity contribution in [3.05, 3.63) is 24.3 Å². The van der Waals surface area contributed by atoms with Gasteiger partial charge in [0.05, 0.1) is 25.4 Å². The summed E-state index contributed by atoms with van der Waals surface area (Å²) in [6, 6.07) is -0.803. The second-order valence-electron chi connectivity index (χ2n) is 23.6. The largest absolute Gasteiger partial charge is 0.394 e. The Bertz CT molecular complexity index is 1250. The number of carbonyl (C=O) groups excluding carboxylic acids is 1. The highest BCUT2D eigenvalue weighted by atomic mass is 16.7. The first-order valence-electron chi connectivity index (χ1n) is 33.6. The number of hydrogen-bond acceptors (Lipinski definition) is 8. The van der Waals surface area contributed by atoms with Crippen LogP contribution in [0.5, 0.6) is 0 Å². The zero-order chi connectivity index (χ0) is 55.0. The fourth-order valence-electron chi connectivity index (χ4n) is 11.0. The van der Waals surface area contributed by atoms with Gasteiger partial charge in [-0.05, 0) is 44.9 Å². The molecule has 0 bridgehead atoms. The molecule has 6 N–H and O–H groups in total. The summed E-state index contributed by atoms with van der Waals surface area (Å²) in [4.78, 5) is 13.1. The molecule has 1 aliphatic heterocycles. The molecular weight excluding hydrogens is 947 g/mol. The van der Waals surface area contributed by atoms with Gasteiger partial charge in [0, 0.05) is 6.42 Å². The maximum atomic E-state index is 13.1. The molecule has 1 aliphatic rings. The number of carbonyl (C=O) groups is 1. The number of aliphatic hydroxyl groups excluding tert-OH is 5. The van der Waals surface area contributed by atoms with Gasteiger partial charge in [-0.1, -0.05) is 314 Å². The molecule has 1 rings (SSSR count). The van der Waals surface area contributed by atoms with E-state index in [9.17, 15) is 30.3 Å². The summed E-state index contributed by atoms with van der Waals surface area (Å²) in [6.07, 6.45) is 67.1. The number of ether oxygens (including phenoxy) is 2. The average molecular weight is 1080 g/mol. The minimum Gasteiger partial charge on any atom is -0.394 e. The SMILES string of the molecule is CCCCCCCCCCCCCC/C=C\CCCCCCCCCCCCCCCCCCCC(=O)NC(COC1OC(CO)C(O)C(O)C1O)C(O)/C=C/CCCCCCCCCCCCCCCCCCCC. The topological polar surface area (TPSA) is 149 Å². The fourth-order valence-corrected chi connectivity index (χ4v) is 11.0. The Kier molecular flexibility index (Phi) is 54.4. The summed E-state index contributed by atoms with van der Waals surface area (Å²) in [5.74, 6) is -0.170. The first-order valence-corrected chi connectivity index (χ1v) is 33.6. The standard InChI is InChI=1S/C67H129NO8/c1-3-5-7-9-11-13-15-17-19-21-23-25-26-27-28-29-30-31-32-33-34-35-36-37-39-41-43-45-47-49-51-53-55-57-63(71)68-60(59-75-67-66(74)65(73)64(72)62(58-69)76-67)61(70)56-54-52-50-48-46-44-42-40-38-24-22-20-18-16-14-12-10-8-6-4-2/h27-28,54,56,60-62,64-67,69-70,72-74H,3-26,29-53,55,57-59H2,1-2H3,(H,68,71)/b28-27-,56-54+. The lowest BCUT2D eigenvalue weighted by Crippen LogP contribution is -2.60. The highest BCUT2D eigenvalue weighted by molar-refractivity contribution is 5.76. The van der Waals surface area contributed by atoms with Crippen LogP contribution in [0.1, 0.15) is 341 Å². The highest BCUT2D eigenvalue weighted by Crippen LogP contribution is 2.23. The Hall–Kier alpha value is -1.33. The van der Waals surface area contributed by atoms with Gasteiger partial charge in [-0.2, -0.15) is 0 Å². The lowest BCUT2D eigenvalue weighted by Gasteiger charge is -2.40. The predicted molar refractivity (Wildman–Crippen MR) is 323 cm³/mol. The maximum absolute atomic E-state index is 13.1. The maximum Gasteiger partial charge on any atom is 0.220 e. The van der Waals surface area contributed by atoms with Crippen LogP contribution in [0, 0.1) is 0 Å². The van der Waals surface area contributed by atoms with Crippen LogP contribution in [0.3, 0.4) is 0 Å². The number of allylic oxidation sites excluding steroid dienone is 3. The third kappa shape index (κ3) is 45.4. The van der Waals surface area contributed by atoms with Gasteiger partial charge in [0.25, 0.3) is 0 Å². The third-order valence-electron chi connectivity index (χ3n) is 16.3. The lowest BCUT2D eigenvalue weighted by molar-refractivity contribution is -0.302. The van der Waals surface area contributed by atoms with E-state index in [-0.39, 0.29) is 12.5 Å². The minimum absolute atomic E-state index is 0.170. The Morgan fingerprint density at radius 3 is 1.07 bits per heavy atom. The van der Waals surface area contributed by atoms with Gasteiger partial charge < -0.3 is 40.3 Å². The summed E-state index contributed by atoms with van der Waals surface area (Å²) in [5, 5.41) is 54.7. The molecule has 7 unspecified atom stereocenters. The summed E-state index contributed by atoms with van der Waals surface area (Å²) >= 11 is 0. The quantitative estimate of drug-likeness (QED) is 0.0261. The first-order chi connectivity index (χ1) is 37.3. The van der Waals surface area contributed by atoms with Crippen LogP contribution in [0.2, 0.25) is 0 Å². The van der Waals surface area contributed by atoms with Crippen molar-refractivity contribution < 1.29 is 39.8 Å². The molecule has 450 valence electrons. The Morgan fingerprint density at radius 1 is 0.434 bits per heavy atom. The van der Waals surface area contributed by atoms with Crippen molar-refractivity contribution in [1.82, 2.24) is 5.32 Å². The molecule has 1 saturated heterocycles. The van der Waals surface area contributed by atoms with Crippen molar-refractivity contribution in [1.29, 1.82) is 0 Å². The van der Waals surface area contributed by atoms with E-state index in [4.69, 9.17) is 9.47 Å². The van der Waals surface area contributed by atoms with Crippen molar-refractivity contribution >= 4 is 5.91 Å². The molecule has 1 fully saturated rings. The van der Waals surface area contributed by atoms with Crippen LogP contribution in [0.25, 0.3) is 0 Å². The van der Waals surface area contributed by atoms with E-state index in [0.29, 0.717) is 6.42 Å². The average Bonchev–Trinajstić information content (AvgIpc) is 3.42. The van der Waals surface area contributed by atoms with E-state index < -0.39 is 49.5 Å². The molecular formula is C67H129NO8. The van der Waals surface area contributed by atoms with Crippen LogP contribution >= 0.6 is 0 Å². The van der Waals surface area contributed by atoms with Gasteiger partial charge in [0.15, 0.2) is 6.29 Å². The summed E-state index contributed by atoms with van der Waals surface area (Å²) in [7, 11) is 0. The number of nitrogens with one attached hydrogen (secondary N) is 1. The number of amides is 1. The molecule has 0 saturated carbocycles. The van der Waals surface area contributed by atoms with Crippen LogP contribution in [-0.2, 0) is 14.3 Å². The second-order valence-corrected chi connectivity index (χ2v) is 23.6. The van der Waals surface area contributed by atoms with Crippen molar-refractivity contribution in [3.63, 3.8) is 0 Å². The van der Waals surface area contributed by atoms with Gasteiger partial charge in [-0.3, -0.25) is 4.79 Å². The number of aliphatic hydroxyl groups is 5. The first kappa shape index (κ1) is 72.7. The van der Waals surface area contributed by atoms with Crippen molar-refractivity contribution in [2.75, 3.05) is 13.2 Å². The van der Waals surface area contributed by atoms with E-state index in [1.54, 1.807) is 6.08 Å². The molecule has 76 heavy (non-hydrogen) atoms. The molecule has 0 aromatic heterocycles. The third-order valence-corrected chi connectivity index (χ3v) is 16.3. The van der Waals surface area contributed by atoms with Crippen molar-refractivity contribution in [3.8, 4) is 0 Å². The van der Waals surface area contributed by atoms with Crippen LogP contribution in [-0.4, -0.2) is 87.5 Å². The predicted octanol–water partition coefficient (Wildman–Crippen LogP) is 17.7.